The largest absolute Gasteiger partial charge is 0.445 e. The third-order valence-electron chi connectivity index (χ3n) is 3.39. The summed E-state index contributed by atoms with van der Waals surface area (Å²) in [5.41, 5.74) is 2.58. The van der Waals surface area contributed by atoms with Crippen LogP contribution in [0, 0.1) is 0 Å². The highest BCUT2D eigenvalue weighted by molar-refractivity contribution is 5.68. The quantitative estimate of drug-likeness (QED) is 0.802. The van der Waals surface area contributed by atoms with Crippen molar-refractivity contribution >= 4 is 6.09 Å². The Morgan fingerprint density at radius 1 is 1.50 bits per heavy atom. The first kappa shape index (κ1) is 14.8. The lowest BCUT2D eigenvalue weighted by molar-refractivity contribution is -0.0227. The average Bonchev–Trinajstić information content (AvgIpc) is 2.73. The number of hydroxylamine groups is 1. The molecule has 0 radical (unpaired) electrons. The Bertz CT molecular complexity index is 450. The molecule has 110 valence electrons. The van der Waals surface area contributed by atoms with Crippen LogP contribution in [0.2, 0.25) is 0 Å². The predicted octanol–water partition coefficient (Wildman–Crippen LogP) is 0.909. The summed E-state index contributed by atoms with van der Waals surface area (Å²) in [5.74, 6) is 0. The van der Waals surface area contributed by atoms with Crippen LogP contribution in [0.1, 0.15) is 12.5 Å². The molecule has 2 rings (SSSR count). The van der Waals surface area contributed by atoms with Gasteiger partial charge in [0.2, 0.25) is 0 Å². The Morgan fingerprint density at radius 3 is 2.85 bits per heavy atom. The first-order valence-corrected chi connectivity index (χ1v) is 6.49. The van der Waals surface area contributed by atoms with Crippen molar-refractivity contribution in [3.8, 4) is 0 Å². The van der Waals surface area contributed by atoms with Crippen molar-refractivity contribution in [2.75, 3.05) is 20.2 Å². The number of carbonyl (C=O) groups excluding carboxylic acids is 1. The van der Waals surface area contributed by atoms with Gasteiger partial charge < -0.3 is 19.6 Å². The number of ether oxygens (including phenoxy) is 1. The molecular weight excluding hydrogens is 260 g/mol. The number of likely N-dealkylation sites (tertiary alicyclic amines) is 1. The van der Waals surface area contributed by atoms with Gasteiger partial charge in [0.1, 0.15) is 6.61 Å². The molecule has 1 aromatic carbocycles. The molecule has 0 aliphatic carbocycles. The van der Waals surface area contributed by atoms with Gasteiger partial charge in [-0.1, -0.05) is 30.3 Å². The Kier molecular flexibility index (Phi) is 4.59. The molecule has 1 fully saturated rings. The number of rotatable bonds is 4. The molecule has 6 heteroatoms. The van der Waals surface area contributed by atoms with Gasteiger partial charge in [-0.3, -0.25) is 0 Å². The molecule has 1 heterocycles. The van der Waals surface area contributed by atoms with Gasteiger partial charge in [0.25, 0.3) is 0 Å². The number of hydrogen-bond donors (Lipinski definition) is 2. The normalized spacial score (nSPS) is 25.8. The van der Waals surface area contributed by atoms with Crippen LogP contribution in [0.25, 0.3) is 0 Å². The van der Waals surface area contributed by atoms with Crippen LogP contribution in [-0.4, -0.2) is 47.9 Å². The standard InChI is InChI=1S/C14H20N2O4/c1-14(18)10-16(8-12(14)15-19-2)13(17)20-9-11-6-4-3-5-7-11/h3-7,12,15,18H,8-10H2,1-2H3/t12-,14-/m1/s1. The molecule has 1 amide bonds. The van der Waals surface area contributed by atoms with Gasteiger partial charge in [-0.05, 0) is 12.5 Å². The molecule has 1 aliphatic heterocycles. The van der Waals surface area contributed by atoms with Crippen LogP contribution in [0.5, 0.6) is 0 Å². The highest BCUT2D eigenvalue weighted by Gasteiger charge is 2.44. The third kappa shape index (κ3) is 3.47. The minimum Gasteiger partial charge on any atom is -0.445 e. The number of β-amino-alcohol motifs (C(OH)–C–C–N with tert-alkyl or cyclic N) is 1. The summed E-state index contributed by atoms with van der Waals surface area (Å²) in [6, 6.07) is 9.14. The van der Waals surface area contributed by atoms with E-state index in [0.717, 1.165) is 5.56 Å². The van der Waals surface area contributed by atoms with Crippen LogP contribution in [0.15, 0.2) is 30.3 Å². The number of benzene rings is 1. The Balaban J connectivity index is 1.88. The van der Waals surface area contributed by atoms with Gasteiger partial charge >= 0.3 is 6.09 Å². The first-order chi connectivity index (χ1) is 9.53. The Morgan fingerprint density at radius 2 is 2.20 bits per heavy atom. The maximum Gasteiger partial charge on any atom is 0.410 e. The maximum absolute atomic E-state index is 12.0. The first-order valence-electron chi connectivity index (χ1n) is 6.49. The second-order valence-corrected chi connectivity index (χ2v) is 5.15. The van der Waals surface area contributed by atoms with Gasteiger partial charge in [0, 0.05) is 6.54 Å². The van der Waals surface area contributed by atoms with Crippen molar-refractivity contribution in [1.29, 1.82) is 0 Å². The molecule has 0 unspecified atom stereocenters. The smallest absolute Gasteiger partial charge is 0.410 e. The van der Waals surface area contributed by atoms with Gasteiger partial charge in [0.05, 0.1) is 25.3 Å². The van der Waals surface area contributed by atoms with Crippen molar-refractivity contribution < 1.29 is 19.5 Å². The summed E-state index contributed by atoms with van der Waals surface area (Å²) in [4.78, 5) is 18.3. The van der Waals surface area contributed by atoms with Crippen LogP contribution < -0.4 is 5.48 Å². The zero-order chi connectivity index (χ0) is 14.6. The summed E-state index contributed by atoms with van der Waals surface area (Å²) in [6.07, 6.45) is -0.436. The van der Waals surface area contributed by atoms with Gasteiger partial charge in [0.15, 0.2) is 0 Å². The molecule has 0 bridgehead atoms. The highest BCUT2D eigenvalue weighted by Crippen LogP contribution is 2.22. The minimum atomic E-state index is -1.04. The summed E-state index contributed by atoms with van der Waals surface area (Å²) < 4.78 is 5.24. The average molecular weight is 280 g/mol. The van der Waals surface area contributed by atoms with E-state index in [1.165, 1.54) is 12.0 Å². The van der Waals surface area contributed by atoms with Crippen LogP contribution in [0.3, 0.4) is 0 Å². The van der Waals surface area contributed by atoms with Gasteiger partial charge in [-0.25, -0.2) is 4.79 Å². The molecule has 2 N–H and O–H groups in total. The number of nitrogens with one attached hydrogen (secondary N) is 1. The molecule has 0 spiro atoms. The van der Waals surface area contributed by atoms with Crippen molar-refractivity contribution in [2.24, 2.45) is 0 Å². The molecule has 0 saturated carbocycles. The van der Waals surface area contributed by atoms with E-state index >= 15 is 0 Å². The number of aliphatic hydroxyl groups is 1. The van der Waals surface area contributed by atoms with Gasteiger partial charge in [-0.15, -0.1) is 0 Å². The minimum absolute atomic E-state index is 0.210. The topological polar surface area (TPSA) is 71.0 Å². The molecule has 6 nitrogen and oxygen atoms in total. The summed E-state index contributed by atoms with van der Waals surface area (Å²) in [5, 5.41) is 10.2. The van der Waals surface area contributed by atoms with Crippen LogP contribution in [-0.2, 0) is 16.2 Å². The van der Waals surface area contributed by atoms with Crippen LogP contribution in [0.4, 0.5) is 4.79 Å². The van der Waals surface area contributed by atoms with Gasteiger partial charge in [-0.2, -0.15) is 5.48 Å². The van der Waals surface area contributed by atoms with E-state index < -0.39 is 11.7 Å². The predicted molar refractivity (Wildman–Crippen MR) is 72.8 cm³/mol. The molecule has 2 atom stereocenters. The molecule has 1 saturated heterocycles. The summed E-state index contributed by atoms with van der Waals surface area (Å²) in [6.45, 7) is 2.44. The number of hydrogen-bond acceptors (Lipinski definition) is 5. The Hall–Kier alpha value is -1.63. The van der Waals surface area contributed by atoms with E-state index in [1.54, 1.807) is 6.92 Å². The van der Waals surface area contributed by atoms with E-state index in [1.807, 2.05) is 30.3 Å². The number of carbonyl (C=O) groups is 1. The Labute approximate surface area is 118 Å². The van der Waals surface area contributed by atoms with E-state index in [2.05, 4.69) is 5.48 Å². The van der Waals surface area contributed by atoms with E-state index in [9.17, 15) is 9.90 Å². The number of nitrogens with zero attached hydrogens (tertiary/aromatic N) is 1. The van der Waals surface area contributed by atoms with Crippen LogP contribution >= 0.6 is 0 Å². The molecule has 1 aromatic rings. The van der Waals surface area contributed by atoms with Crippen molar-refractivity contribution in [3.05, 3.63) is 35.9 Å². The van der Waals surface area contributed by atoms with E-state index in [-0.39, 0.29) is 19.2 Å². The molecule has 20 heavy (non-hydrogen) atoms. The third-order valence-corrected chi connectivity index (χ3v) is 3.39. The summed E-state index contributed by atoms with van der Waals surface area (Å²) >= 11 is 0. The van der Waals surface area contributed by atoms with Crippen molar-refractivity contribution in [1.82, 2.24) is 10.4 Å². The fraction of sp³-hybridized carbons (Fsp3) is 0.500. The zero-order valence-electron chi connectivity index (χ0n) is 11.7. The zero-order valence-corrected chi connectivity index (χ0v) is 11.7. The fourth-order valence-corrected chi connectivity index (χ4v) is 2.23. The molecular formula is C14H20N2O4. The molecule has 1 aliphatic rings. The second kappa shape index (κ2) is 6.21. The fourth-order valence-electron chi connectivity index (χ4n) is 2.23. The van der Waals surface area contributed by atoms with Crippen molar-refractivity contribution in [3.63, 3.8) is 0 Å². The highest BCUT2D eigenvalue weighted by atomic mass is 16.6. The monoisotopic (exact) mass is 280 g/mol. The van der Waals surface area contributed by atoms with E-state index in [4.69, 9.17) is 9.57 Å². The lowest BCUT2D eigenvalue weighted by Gasteiger charge is -2.23. The lowest BCUT2D eigenvalue weighted by atomic mass is 10.0. The van der Waals surface area contributed by atoms with Crippen molar-refractivity contribution in [2.45, 2.75) is 25.2 Å². The maximum atomic E-state index is 12.0. The molecule has 0 aromatic heterocycles. The second-order valence-electron chi connectivity index (χ2n) is 5.15. The lowest BCUT2D eigenvalue weighted by Crippen LogP contribution is -2.47. The van der Waals surface area contributed by atoms with E-state index in [0.29, 0.717) is 6.54 Å². The number of amides is 1. The summed E-state index contributed by atoms with van der Waals surface area (Å²) in [7, 11) is 1.48. The SMILES string of the molecule is CON[C@@H]1CN(C(=O)OCc2ccccc2)C[C@@]1(C)O.